The fraction of sp³-hybridized carbons (Fsp3) is 1.00. The van der Waals surface area contributed by atoms with Crippen molar-refractivity contribution in [2.24, 2.45) is 11.3 Å². The van der Waals surface area contributed by atoms with Crippen LogP contribution in [-0.2, 0) is 0 Å². The molecule has 1 heterocycles. The summed E-state index contributed by atoms with van der Waals surface area (Å²) in [6, 6.07) is 0.282. The first kappa shape index (κ1) is 16.1. The van der Waals surface area contributed by atoms with Crippen LogP contribution in [0.4, 0.5) is 13.2 Å². The molecule has 5 heteroatoms. The second-order valence-electron chi connectivity index (χ2n) is 7.08. The minimum atomic E-state index is -4.00. The zero-order chi connectivity index (χ0) is 14.8. The van der Waals surface area contributed by atoms with E-state index in [4.69, 9.17) is 0 Å². The number of nitrogens with zero attached hydrogens (tertiary/aromatic N) is 1. The van der Waals surface area contributed by atoms with Crippen LogP contribution in [-0.4, -0.2) is 43.8 Å². The molecule has 0 aromatic heterocycles. The van der Waals surface area contributed by atoms with Crippen LogP contribution < -0.4 is 5.32 Å². The Bertz CT molecular complexity index is 301. The number of hydrogen-bond donors (Lipinski definition) is 1. The lowest BCUT2D eigenvalue weighted by Gasteiger charge is -2.40. The highest BCUT2D eigenvalue weighted by atomic mass is 19.4. The molecule has 0 bridgehead atoms. The number of likely N-dealkylation sites (tertiary alicyclic amines) is 1. The highest BCUT2D eigenvalue weighted by Gasteiger charge is 2.41. The summed E-state index contributed by atoms with van der Waals surface area (Å²) in [5.74, 6) is -1.07. The third-order valence-electron chi connectivity index (χ3n) is 5.20. The van der Waals surface area contributed by atoms with Gasteiger partial charge in [0.25, 0.3) is 0 Å². The normalized spacial score (nSPS) is 32.2. The molecule has 1 saturated carbocycles. The Balaban J connectivity index is 1.71. The van der Waals surface area contributed by atoms with E-state index in [0.717, 1.165) is 19.6 Å². The van der Waals surface area contributed by atoms with E-state index in [1.165, 1.54) is 12.8 Å². The van der Waals surface area contributed by atoms with Gasteiger partial charge in [-0.15, -0.1) is 0 Å². The number of alkyl halides is 3. The molecular weight excluding hydrogens is 265 g/mol. The van der Waals surface area contributed by atoms with Gasteiger partial charge in [-0.25, -0.2) is 0 Å². The Morgan fingerprint density at radius 2 is 1.65 bits per heavy atom. The molecule has 0 unspecified atom stereocenters. The maximum Gasteiger partial charge on any atom is 0.391 e. The van der Waals surface area contributed by atoms with E-state index in [2.05, 4.69) is 24.2 Å². The Morgan fingerprint density at radius 1 is 1.10 bits per heavy atom. The molecule has 1 aliphatic heterocycles. The van der Waals surface area contributed by atoms with Gasteiger partial charge in [-0.1, -0.05) is 6.92 Å². The van der Waals surface area contributed by atoms with Gasteiger partial charge in [0.15, 0.2) is 0 Å². The molecule has 0 atom stereocenters. The summed E-state index contributed by atoms with van der Waals surface area (Å²) >= 11 is 0. The fourth-order valence-corrected chi connectivity index (χ4v) is 3.35. The molecule has 1 saturated heterocycles. The number of nitrogens with one attached hydrogen (secondary N) is 1. The van der Waals surface area contributed by atoms with Gasteiger partial charge in [0.2, 0.25) is 0 Å². The lowest BCUT2D eigenvalue weighted by molar-refractivity contribution is -0.182. The third-order valence-corrected chi connectivity index (χ3v) is 5.20. The second kappa shape index (κ2) is 6.22. The number of piperidine rings is 1. The Labute approximate surface area is 120 Å². The SMILES string of the molecule is CN1CCC(C)(CNC2CCC(C(F)(F)F)CC2)CC1. The molecule has 20 heavy (non-hydrogen) atoms. The van der Waals surface area contributed by atoms with Crippen LogP contribution in [0.15, 0.2) is 0 Å². The number of rotatable bonds is 3. The maximum absolute atomic E-state index is 12.6. The van der Waals surface area contributed by atoms with Gasteiger partial charge >= 0.3 is 6.18 Å². The highest BCUT2D eigenvalue weighted by molar-refractivity contribution is 4.86. The summed E-state index contributed by atoms with van der Waals surface area (Å²) < 4.78 is 37.9. The number of halogens is 3. The predicted molar refractivity (Wildman–Crippen MR) is 74.6 cm³/mol. The minimum absolute atomic E-state index is 0.282. The first-order chi connectivity index (χ1) is 9.28. The molecule has 0 radical (unpaired) electrons. The molecule has 2 nitrogen and oxygen atoms in total. The van der Waals surface area contributed by atoms with E-state index >= 15 is 0 Å². The molecular formula is C15H27F3N2. The van der Waals surface area contributed by atoms with Crippen molar-refractivity contribution in [1.29, 1.82) is 0 Å². The Hall–Kier alpha value is -0.290. The van der Waals surface area contributed by atoms with Crippen LogP contribution in [0.1, 0.15) is 45.4 Å². The monoisotopic (exact) mass is 292 g/mol. The summed E-state index contributed by atoms with van der Waals surface area (Å²) in [4.78, 5) is 2.34. The van der Waals surface area contributed by atoms with Crippen LogP contribution in [0.5, 0.6) is 0 Å². The van der Waals surface area contributed by atoms with Crippen molar-refractivity contribution in [2.75, 3.05) is 26.7 Å². The smallest absolute Gasteiger partial charge is 0.313 e. The van der Waals surface area contributed by atoms with Gasteiger partial charge in [0.05, 0.1) is 5.92 Å². The lowest BCUT2D eigenvalue weighted by Crippen LogP contribution is -2.46. The average Bonchev–Trinajstić information content (AvgIpc) is 2.40. The summed E-state index contributed by atoms with van der Waals surface area (Å²) in [7, 11) is 2.14. The Kier molecular flexibility index (Phi) is 5.00. The molecule has 0 amide bonds. The van der Waals surface area contributed by atoms with E-state index < -0.39 is 12.1 Å². The van der Waals surface area contributed by atoms with Crippen molar-refractivity contribution in [1.82, 2.24) is 10.2 Å². The molecule has 0 spiro atoms. The number of hydrogen-bond acceptors (Lipinski definition) is 2. The van der Waals surface area contributed by atoms with Crippen LogP contribution in [0.25, 0.3) is 0 Å². The maximum atomic E-state index is 12.6. The fourth-order valence-electron chi connectivity index (χ4n) is 3.35. The molecule has 2 fully saturated rings. The molecule has 1 N–H and O–H groups in total. The van der Waals surface area contributed by atoms with Gasteiger partial charge in [0, 0.05) is 12.6 Å². The predicted octanol–water partition coefficient (Wildman–Crippen LogP) is 3.43. The zero-order valence-electron chi connectivity index (χ0n) is 12.6. The third kappa shape index (κ3) is 4.35. The van der Waals surface area contributed by atoms with Crippen LogP contribution >= 0.6 is 0 Å². The molecule has 2 rings (SSSR count). The van der Waals surface area contributed by atoms with E-state index in [0.29, 0.717) is 31.1 Å². The van der Waals surface area contributed by atoms with Crippen molar-refractivity contribution < 1.29 is 13.2 Å². The molecule has 2 aliphatic rings. The summed E-state index contributed by atoms with van der Waals surface area (Å²) in [6.07, 6.45) is 0.273. The van der Waals surface area contributed by atoms with Crippen LogP contribution in [0.3, 0.4) is 0 Å². The van der Waals surface area contributed by atoms with E-state index in [9.17, 15) is 13.2 Å². The summed E-state index contributed by atoms with van der Waals surface area (Å²) in [6.45, 7) is 5.49. The molecule has 118 valence electrons. The van der Waals surface area contributed by atoms with Gasteiger partial charge < -0.3 is 10.2 Å². The van der Waals surface area contributed by atoms with Gasteiger partial charge in [-0.05, 0) is 64.1 Å². The molecule has 0 aromatic rings. The molecule has 0 aromatic carbocycles. The van der Waals surface area contributed by atoms with Crippen molar-refractivity contribution in [3.05, 3.63) is 0 Å². The average molecular weight is 292 g/mol. The van der Waals surface area contributed by atoms with Gasteiger partial charge in [-0.3, -0.25) is 0 Å². The van der Waals surface area contributed by atoms with Crippen molar-refractivity contribution in [3.63, 3.8) is 0 Å². The van der Waals surface area contributed by atoms with Crippen LogP contribution in [0.2, 0.25) is 0 Å². The van der Waals surface area contributed by atoms with Crippen molar-refractivity contribution in [3.8, 4) is 0 Å². The standard InChI is InChI=1S/C15H27F3N2/c1-14(7-9-20(2)10-8-14)11-19-13-5-3-12(4-6-13)15(16,17)18/h12-13,19H,3-11H2,1-2H3. The highest BCUT2D eigenvalue weighted by Crippen LogP contribution is 2.38. The lowest BCUT2D eigenvalue weighted by atomic mass is 9.79. The summed E-state index contributed by atoms with van der Waals surface area (Å²) in [5, 5.41) is 3.53. The molecule has 1 aliphatic carbocycles. The quantitative estimate of drug-likeness (QED) is 0.857. The second-order valence-corrected chi connectivity index (χ2v) is 7.08. The van der Waals surface area contributed by atoms with E-state index in [1.54, 1.807) is 0 Å². The van der Waals surface area contributed by atoms with Gasteiger partial charge in [0.1, 0.15) is 0 Å². The van der Waals surface area contributed by atoms with E-state index in [1.807, 2.05) is 0 Å². The first-order valence-electron chi connectivity index (χ1n) is 7.77. The topological polar surface area (TPSA) is 15.3 Å². The van der Waals surface area contributed by atoms with Crippen molar-refractivity contribution >= 4 is 0 Å². The van der Waals surface area contributed by atoms with Crippen molar-refractivity contribution in [2.45, 2.75) is 57.7 Å². The first-order valence-corrected chi connectivity index (χ1v) is 7.77. The summed E-state index contributed by atoms with van der Waals surface area (Å²) in [5.41, 5.74) is 0.313. The van der Waals surface area contributed by atoms with Gasteiger partial charge in [-0.2, -0.15) is 13.2 Å². The largest absolute Gasteiger partial charge is 0.391 e. The Morgan fingerprint density at radius 3 is 2.15 bits per heavy atom. The van der Waals surface area contributed by atoms with E-state index in [-0.39, 0.29) is 6.04 Å². The zero-order valence-corrected chi connectivity index (χ0v) is 12.6. The minimum Gasteiger partial charge on any atom is -0.313 e. The van der Waals surface area contributed by atoms with Crippen LogP contribution in [0, 0.1) is 11.3 Å².